The van der Waals surface area contributed by atoms with E-state index in [1.807, 2.05) is 24.3 Å². The Morgan fingerprint density at radius 2 is 1.49 bits per heavy atom. The second-order valence-electron chi connectivity index (χ2n) is 8.57. The Kier molecular flexibility index (Phi) is 7.40. The van der Waals surface area contributed by atoms with Crippen molar-refractivity contribution in [1.29, 1.82) is 0 Å². The van der Waals surface area contributed by atoms with E-state index in [1.54, 1.807) is 24.3 Å². The third-order valence-corrected chi connectivity index (χ3v) is 6.17. The number of halogens is 1. The first-order valence-electron chi connectivity index (χ1n) is 11.5. The summed E-state index contributed by atoms with van der Waals surface area (Å²) >= 11 is 6.20. The van der Waals surface area contributed by atoms with Crippen molar-refractivity contribution >= 4 is 52.4 Å². The van der Waals surface area contributed by atoms with Crippen LogP contribution in [0, 0.1) is 0 Å². The maximum atomic E-state index is 13.0. The number of para-hydroxylation sites is 1. The van der Waals surface area contributed by atoms with E-state index in [1.165, 1.54) is 31.4 Å². The summed E-state index contributed by atoms with van der Waals surface area (Å²) in [5.41, 5.74) is 3.11. The molecule has 0 saturated carbocycles. The monoisotopic (exact) mass is 517 g/mol. The molecular weight excluding hydrogens is 494 g/mol. The number of hydrogen-bond donors (Lipinski definition) is 2. The summed E-state index contributed by atoms with van der Waals surface area (Å²) in [6.45, 7) is 4.11. The third-order valence-electron chi connectivity index (χ3n) is 5.82. The maximum Gasteiger partial charge on any atom is 0.337 e. The van der Waals surface area contributed by atoms with Crippen LogP contribution in [0.4, 0.5) is 17.1 Å². The lowest BCUT2D eigenvalue weighted by Crippen LogP contribution is -2.32. The van der Waals surface area contributed by atoms with E-state index < -0.39 is 17.8 Å². The molecule has 188 valence electrons. The molecule has 0 aliphatic carbocycles. The van der Waals surface area contributed by atoms with Crippen molar-refractivity contribution < 1.29 is 23.9 Å². The number of benzene rings is 3. The van der Waals surface area contributed by atoms with Gasteiger partial charge in [-0.15, -0.1) is 0 Å². The topological polar surface area (TPSA) is 105 Å². The van der Waals surface area contributed by atoms with Gasteiger partial charge in [-0.25, -0.2) is 9.69 Å². The smallest absolute Gasteiger partial charge is 0.337 e. The van der Waals surface area contributed by atoms with E-state index in [0.29, 0.717) is 11.3 Å². The van der Waals surface area contributed by atoms with Crippen molar-refractivity contribution in [2.24, 2.45) is 0 Å². The van der Waals surface area contributed by atoms with Gasteiger partial charge >= 0.3 is 5.97 Å². The maximum absolute atomic E-state index is 13.0. The van der Waals surface area contributed by atoms with Crippen LogP contribution in [0.25, 0.3) is 0 Å². The summed E-state index contributed by atoms with van der Waals surface area (Å²) in [4.78, 5) is 51.1. The number of hydrogen-bond acceptors (Lipinski definition) is 6. The minimum Gasteiger partial charge on any atom is -0.465 e. The zero-order chi connectivity index (χ0) is 26.7. The molecule has 3 aromatic carbocycles. The van der Waals surface area contributed by atoms with Crippen molar-refractivity contribution in [1.82, 2.24) is 0 Å². The van der Waals surface area contributed by atoms with Gasteiger partial charge in [0, 0.05) is 16.9 Å². The molecular formula is C28H24ClN3O5. The van der Waals surface area contributed by atoms with Crippen LogP contribution in [-0.2, 0) is 14.3 Å². The van der Waals surface area contributed by atoms with Crippen molar-refractivity contribution in [3.63, 3.8) is 0 Å². The summed E-state index contributed by atoms with van der Waals surface area (Å²) in [6.07, 6.45) is 0. The number of carbonyl (C=O) groups excluding carboxylic acids is 4. The lowest BCUT2D eigenvalue weighted by Gasteiger charge is -2.15. The zero-order valence-corrected chi connectivity index (χ0v) is 21.1. The van der Waals surface area contributed by atoms with Crippen LogP contribution in [0.5, 0.6) is 0 Å². The molecule has 4 rings (SSSR count). The number of imide groups is 1. The predicted molar refractivity (Wildman–Crippen MR) is 142 cm³/mol. The van der Waals surface area contributed by atoms with Crippen LogP contribution < -0.4 is 15.5 Å². The van der Waals surface area contributed by atoms with Gasteiger partial charge in [-0.1, -0.05) is 43.6 Å². The van der Waals surface area contributed by atoms with E-state index in [-0.39, 0.29) is 33.8 Å². The van der Waals surface area contributed by atoms with Crippen LogP contribution in [0.15, 0.2) is 83.5 Å². The van der Waals surface area contributed by atoms with E-state index in [0.717, 1.165) is 16.2 Å². The van der Waals surface area contributed by atoms with Gasteiger partial charge in [-0.2, -0.15) is 0 Å². The molecule has 0 aromatic heterocycles. The quantitative estimate of drug-likeness (QED) is 0.326. The summed E-state index contributed by atoms with van der Waals surface area (Å²) in [6, 6.07) is 19.9. The number of ether oxygens (including phenoxy) is 1. The average molecular weight is 518 g/mol. The molecule has 0 atom stereocenters. The Morgan fingerprint density at radius 3 is 2.11 bits per heavy atom. The van der Waals surface area contributed by atoms with Gasteiger partial charge in [0.05, 0.1) is 18.4 Å². The van der Waals surface area contributed by atoms with Gasteiger partial charge in [0.25, 0.3) is 17.7 Å². The van der Waals surface area contributed by atoms with Crippen molar-refractivity contribution in [2.45, 2.75) is 19.8 Å². The first-order chi connectivity index (χ1) is 17.7. The standard InChI is InChI=1S/C28H24ClN3O5/c1-16(2)21-6-4-5-7-22(21)31-25(33)17-8-12-19(13-9-17)30-24-23(29)26(34)32(27(24)35)20-14-10-18(11-15-20)28(36)37-3/h4-16,30H,1-3H3,(H,31,33). The molecule has 0 bridgehead atoms. The largest absolute Gasteiger partial charge is 0.465 e. The second-order valence-corrected chi connectivity index (χ2v) is 8.95. The molecule has 0 spiro atoms. The van der Waals surface area contributed by atoms with Gasteiger partial charge in [-0.05, 0) is 66.1 Å². The highest BCUT2D eigenvalue weighted by molar-refractivity contribution is 6.53. The summed E-state index contributed by atoms with van der Waals surface area (Å²) in [5, 5.41) is 5.54. The van der Waals surface area contributed by atoms with Gasteiger partial charge in [0.15, 0.2) is 0 Å². The van der Waals surface area contributed by atoms with Crippen LogP contribution in [0.2, 0.25) is 0 Å². The molecule has 1 heterocycles. The highest BCUT2D eigenvalue weighted by Gasteiger charge is 2.39. The van der Waals surface area contributed by atoms with E-state index in [4.69, 9.17) is 11.6 Å². The molecule has 0 radical (unpaired) electrons. The molecule has 1 aliphatic heterocycles. The lowest BCUT2D eigenvalue weighted by molar-refractivity contribution is -0.120. The number of anilines is 3. The highest BCUT2D eigenvalue weighted by atomic mass is 35.5. The Labute approximate surface area is 218 Å². The average Bonchev–Trinajstić information content (AvgIpc) is 3.11. The molecule has 0 saturated heterocycles. The van der Waals surface area contributed by atoms with E-state index in [2.05, 4.69) is 29.2 Å². The summed E-state index contributed by atoms with van der Waals surface area (Å²) < 4.78 is 4.66. The minimum absolute atomic E-state index is 0.0910. The zero-order valence-electron chi connectivity index (χ0n) is 20.4. The molecule has 2 N–H and O–H groups in total. The second kappa shape index (κ2) is 10.7. The first kappa shape index (κ1) is 25.7. The Balaban J connectivity index is 1.47. The fourth-order valence-electron chi connectivity index (χ4n) is 3.87. The van der Waals surface area contributed by atoms with Crippen LogP contribution in [0.1, 0.15) is 46.0 Å². The number of carbonyl (C=O) groups is 4. The summed E-state index contributed by atoms with van der Waals surface area (Å²) in [7, 11) is 1.26. The van der Waals surface area contributed by atoms with Crippen LogP contribution in [-0.4, -0.2) is 30.8 Å². The normalized spacial score (nSPS) is 13.3. The fourth-order valence-corrected chi connectivity index (χ4v) is 4.08. The van der Waals surface area contributed by atoms with Crippen molar-refractivity contribution in [2.75, 3.05) is 22.6 Å². The van der Waals surface area contributed by atoms with Crippen molar-refractivity contribution in [3.05, 3.63) is 100 Å². The molecule has 0 unspecified atom stereocenters. The molecule has 3 amide bonds. The molecule has 37 heavy (non-hydrogen) atoms. The third kappa shape index (κ3) is 5.24. The number of amides is 3. The number of methoxy groups -OCH3 is 1. The molecule has 0 fully saturated rings. The number of nitrogens with zero attached hydrogens (tertiary/aromatic N) is 1. The minimum atomic E-state index is -0.695. The molecule has 9 heteroatoms. The Morgan fingerprint density at radius 1 is 0.865 bits per heavy atom. The van der Waals surface area contributed by atoms with Gasteiger partial charge in [0.1, 0.15) is 10.7 Å². The molecule has 8 nitrogen and oxygen atoms in total. The van der Waals surface area contributed by atoms with Gasteiger partial charge < -0.3 is 15.4 Å². The SMILES string of the molecule is COC(=O)c1ccc(N2C(=O)C(Cl)=C(Nc3ccc(C(=O)Nc4ccccc4C(C)C)cc3)C2=O)cc1. The predicted octanol–water partition coefficient (Wildman–Crippen LogP) is 5.28. The summed E-state index contributed by atoms with van der Waals surface area (Å²) in [5.74, 6) is -1.90. The van der Waals surface area contributed by atoms with E-state index >= 15 is 0 Å². The van der Waals surface area contributed by atoms with Crippen molar-refractivity contribution in [3.8, 4) is 0 Å². The number of nitrogens with one attached hydrogen (secondary N) is 2. The fraction of sp³-hybridized carbons (Fsp3) is 0.143. The lowest BCUT2D eigenvalue weighted by atomic mass is 10.0. The Bertz CT molecular complexity index is 1410. The van der Waals surface area contributed by atoms with Crippen LogP contribution >= 0.6 is 11.6 Å². The molecule has 1 aliphatic rings. The van der Waals surface area contributed by atoms with Crippen LogP contribution in [0.3, 0.4) is 0 Å². The number of esters is 1. The van der Waals surface area contributed by atoms with Gasteiger partial charge in [-0.3, -0.25) is 14.4 Å². The number of rotatable bonds is 7. The van der Waals surface area contributed by atoms with E-state index in [9.17, 15) is 19.2 Å². The van der Waals surface area contributed by atoms with Gasteiger partial charge in [0.2, 0.25) is 0 Å². The highest BCUT2D eigenvalue weighted by Crippen LogP contribution is 2.30. The molecule has 3 aromatic rings. The first-order valence-corrected chi connectivity index (χ1v) is 11.8. The Hall–Kier alpha value is -4.43.